The van der Waals surface area contributed by atoms with E-state index >= 15 is 0 Å². The second kappa shape index (κ2) is 2.32. The predicted octanol–water partition coefficient (Wildman–Crippen LogP) is 1.06. The van der Waals surface area contributed by atoms with Gasteiger partial charge in [0.2, 0.25) is 0 Å². The summed E-state index contributed by atoms with van der Waals surface area (Å²) in [5.74, 6) is 0. The van der Waals surface area contributed by atoms with Crippen molar-refractivity contribution < 1.29 is 8.78 Å². The molecule has 1 heterocycles. The first kappa shape index (κ1) is 7.11. The van der Waals surface area contributed by atoms with Gasteiger partial charge in [0.1, 0.15) is 0 Å². The SMILES string of the molecule is Cc1nn(C)nc1C(F)F. The number of hydrogen-bond acceptors (Lipinski definition) is 2. The summed E-state index contributed by atoms with van der Waals surface area (Å²) in [5, 5.41) is 7.12. The van der Waals surface area contributed by atoms with Gasteiger partial charge in [0.25, 0.3) is 6.43 Å². The standard InChI is InChI=1S/C5H7F2N3/c1-3-4(5(6)7)9-10(2)8-3/h5H,1-2H3. The minimum atomic E-state index is -2.52. The monoisotopic (exact) mass is 147 g/mol. The van der Waals surface area contributed by atoms with Gasteiger partial charge >= 0.3 is 0 Å². The van der Waals surface area contributed by atoms with Crippen LogP contribution >= 0.6 is 0 Å². The topological polar surface area (TPSA) is 30.7 Å². The molecule has 0 fully saturated rings. The van der Waals surface area contributed by atoms with E-state index in [1.165, 1.54) is 14.0 Å². The highest BCUT2D eigenvalue weighted by molar-refractivity contribution is 5.06. The van der Waals surface area contributed by atoms with Crippen LogP contribution in [0.15, 0.2) is 0 Å². The van der Waals surface area contributed by atoms with Crippen LogP contribution in [-0.2, 0) is 7.05 Å². The average Bonchev–Trinajstić information content (AvgIpc) is 2.10. The Bertz CT molecular complexity index is 231. The number of rotatable bonds is 1. The fraction of sp³-hybridized carbons (Fsp3) is 0.600. The molecule has 0 aliphatic carbocycles. The molecule has 0 atom stereocenters. The summed E-state index contributed by atoms with van der Waals surface area (Å²) in [5.41, 5.74) is 0.0556. The van der Waals surface area contributed by atoms with Gasteiger partial charge < -0.3 is 0 Å². The van der Waals surface area contributed by atoms with Crippen molar-refractivity contribution in [1.82, 2.24) is 15.0 Å². The van der Waals surface area contributed by atoms with Gasteiger partial charge in [-0.15, -0.1) is 0 Å². The Labute approximate surface area is 56.7 Å². The molecule has 0 N–H and O–H groups in total. The summed E-state index contributed by atoms with van der Waals surface area (Å²) in [7, 11) is 1.51. The molecule has 0 amide bonds. The molecule has 0 aliphatic rings. The first-order valence-corrected chi connectivity index (χ1v) is 2.77. The van der Waals surface area contributed by atoms with Crippen LogP contribution in [0, 0.1) is 6.92 Å². The first-order valence-electron chi connectivity index (χ1n) is 2.77. The summed E-state index contributed by atoms with van der Waals surface area (Å²) >= 11 is 0. The molecule has 56 valence electrons. The molecule has 0 saturated heterocycles. The highest BCUT2D eigenvalue weighted by Gasteiger charge is 2.14. The number of nitrogens with zero attached hydrogens (tertiary/aromatic N) is 3. The third-order valence-corrected chi connectivity index (χ3v) is 1.12. The van der Waals surface area contributed by atoms with Crippen molar-refractivity contribution in [3.63, 3.8) is 0 Å². The molecule has 0 radical (unpaired) electrons. The zero-order valence-electron chi connectivity index (χ0n) is 5.67. The Morgan fingerprint density at radius 1 is 1.40 bits per heavy atom. The van der Waals surface area contributed by atoms with Gasteiger partial charge in [-0.2, -0.15) is 15.0 Å². The largest absolute Gasteiger partial charge is 0.284 e. The maximum atomic E-state index is 11.9. The maximum absolute atomic E-state index is 11.9. The molecule has 0 bridgehead atoms. The van der Waals surface area contributed by atoms with Crippen molar-refractivity contribution in [3.8, 4) is 0 Å². The smallest absolute Gasteiger partial charge is 0.203 e. The first-order chi connectivity index (χ1) is 4.61. The molecular weight excluding hydrogens is 140 g/mol. The molecule has 0 saturated carbocycles. The van der Waals surface area contributed by atoms with E-state index in [9.17, 15) is 8.78 Å². The Morgan fingerprint density at radius 2 is 2.00 bits per heavy atom. The Balaban J connectivity index is 3.03. The van der Waals surface area contributed by atoms with Crippen molar-refractivity contribution in [2.24, 2.45) is 7.05 Å². The van der Waals surface area contributed by atoms with E-state index in [0.29, 0.717) is 0 Å². The summed E-state index contributed by atoms with van der Waals surface area (Å²) in [6, 6.07) is 0. The average molecular weight is 147 g/mol. The maximum Gasteiger partial charge on any atom is 0.284 e. The number of aryl methyl sites for hydroxylation is 2. The number of aromatic nitrogens is 3. The van der Waals surface area contributed by atoms with Crippen LogP contribution in [0.2, 0.25) is 0 Å². The van der Waals surface area contributed by atoms with Gasteiger partial charge in [-0.25, -0.2) is 8.78 Å². The second-order valence-electron chi connectivity index (χ2n) is 1.96. The molecule has 1 aromatic rings. The zero-order valence-corrected chi connectivity index (χ0v) is 5.67. The summed E-state index contributed by atoms with van der Waals surface area (Å²) in [6.07, 6.45) is -2.52. The molecule has 0 unspecified atom stereocenters. The van der Waals surface area contributed by atoms with Crippen molar-refractivity contribution in [3.05, 3.63) is 11.4 Å². The summed E-state index contributed by atoms with van der Waals surface area (Å²) < 4.78 is 23.9. The van der Waals surface area contributed by atoms with Crippen LogP contribution in [0.4, 0.5) is 8.78 Å². The van der Waals surface area contributed by atoms with E-state index in [4.69, 9.17) is 0 Å². The van der Waals surface area contributed by atoms with Gasteiger partial charge in [0.05, 0.1) is 5.69 Å². The normalized spacial score (nSPS) is 10.9. The highest BCUT2D eigenvalue weighted by Crippen LogP contribution is 2.17. The Morgan fingerprint density at radius 3 is 2.20 bits per heavy atom. The summed E-state index contributed by atoms with van der Waals surface area (Å²) in [4.78, 5) is 1.14. The summed E-state index contributed by atoms with van der Waals surface area (Å²) in [6.45, 7) is 1.51. The van der Waals surface area contributed by atoms with E-state index in [1.807, 2.05) is 0 Å². The van der Waals surface area contributed by atoms with Crippen molar-refractivity contribution in [2.45, 2.75) is 13.3 Å². The minimum absolute atomic E-state index is 0.234. The molecule has 5 heteroatoms. The lowest BCUT2D eigenvalue weighted by molar-refractivity contribution is 0.144. The van der Waals surface area contributed by atoms with Crippen LogP contribution < -0.4 is 0 Å². The lowest BCUT2D eigenvalue weighted by Crippen LogP contribution is -1.93. The van der Waals surface area contributed by atoms with E-state index in [0.717, 1.165) is 4.80 Å². The number of alkyl halides is 2. The molecule has 1 aromatic heterocycles. The highest BCUT2D eigenvalue weighted by atomic mass is 19.3. The minimum Gasteiger partial charge on any atom is -0.203 e. The second-order valence-corrected chi connectivity index (χ2v) is 1.96. The zero-order chi connectivity index (χ0) is 7.72. The number of halogens is 2. The number of hydrogen-bond donors (Lipinski definition) is 0. The van der Waals surface area contributed by atoms with E-state index in [2.05, 4.69) is 10.2 Å². The van der Waals surface area contributed by atoms with Crippen LogP contribution in [-0.4, -0.2) is 15.0 Å². The van der Waals surface area contributed by atoms with Gasteiger partial charge in [-0.05, 0) is 6.92 Å². The molecular formula is C5H7F2N3. The predicted molar refractivity (Wildman–Crippen MR) is 30.7 cm³/mol. The van der Waals surface area contributed by atoms with Crippen LogP contribution in [0.3, 0.4) is 0 Å². The fourth-order valence-corrected chi connectivity index (χ4v) is 0.720. The van der Waals surface area contributed by atoms with Crippen LogP contribution in [0.5, 0.6) is 0 Å². The molecule has 10 heavy (non-hydrogen) atoms. The molecule has 3 nitrogen and oxygen atoms in total. The molecule has 1 rings (SSSR count). The van der Waals surface area contributed by atoms with Gasteiger partial charge in [0.15, 0.2) is 5.69 Å². The van der Waals surface area contributed by atoms with Gasteiger partial charge in [0, 0.05) is 7.05 Å². The lowest BCUT2D eigenvalue weighted by Gasteiger charge is -1.89. The van der Waals surface area contributed by atoms with Gasteiger partial charge in [-0.1, -0.05) is 0 Å². The molecule has 0 aliphatic heterocycles. The quantitative estimate of drug-likeness (QED) is 0.594. The van der Waals surface area contributed by atoms with Crippen LogP contribution in [0.1, 0.15) is 17.8 Å². The fourth-order valence-electron chi connectivity index (χ4n) is 0.720. The Kier molecular flexibility index (Phi) is 1.65. The molecule has 0 aromatic carbocycles. The lowest BCUT2D eigenvalue weighted by atomic mass is 10.4. The van der Waals surface area contributed by atoms with Gasteiger partial charge in [-0.3, -0.25) is 0 Å². The Hall–Kier alpha value is -1.00. The third-order valence-electron chi connectivity index (χ3n) is 1.12. The van der Waals surface area contributed by atoms with Crippen molar-refractivity contribution in [2.75, 3.05) is 0 Å². The molecule has 0 spiro atoms. The van der Waals surface area contributed by atoms with Crippen molar-refractivity contribution in [1.29, 1.82) is 0 Å². The van der Waals surface area contributed by atoms with Crippen LogP contribution in [0.25, 0.3) is 0 Å². The third kappa shape index (κ3) is 1.12. The van der Waals surface area contributed by atoms with E-state index < -0.39 is 6.43 Å². The van der Waals surface area contributed by atoms with E-state index in [1.54, 1.807) is 0 Å². The van der Waals surface area contributed by atoms with Crippen molar-refractivity contribution >= 4 is 0 Å². The van der Waals surface area contributed by atoms with E-state index in [-0.39, 0.29) is 11.4 Å².